The highest BCUT2D eigenvalue weighted by Crippen LogP contribution is 2.38. The molecule has 0 bridgehead atoms. The highest BCUT2D eigenvalue weighted by molar-refractivity contribution is 5.74. The van der Waals surface area contributed by atoms with Gasteiger partial charge in [0, 0.05) is 12.6 Å². The number of carboxylic acids is 1. The van der Waals surface area contributed by atoms with E-state index in [4.69, 9.17) is 0 Å². The monoisotopic (exact) mass is 253 g/mol. The molecule has 2 rings (SSSR count). The van der Waals surface area contributed by atoms with Gasteiger partial charge in [-0.15, -0.1) is 0 Å². The minimum Gasteiger partial charge on any atom is -0.481 e. The second-order valence-corrected chi connectivity index (χ2v) is 6.49. The van der Waals surface area contributed by atoms with Crippen molar-refractivity contribution in [3.8, 4) is 0 Å². The van der Waals surface area contributed by atoms with E-state index in [1.165, 1.54) is 32.1 Å². The normalized spacial score (nSPS) is 31.9. The predicted octanol–water partition coefficient (Wildman–Crippen LogP) is 3.14. The molecular weight excluding hydrogens is 226 g/mol. The average molecular weight is 253 g/mol. The van der Waals surface area contributed by atoms with Crippen LogP contribution in [0.1, 0.15) is 58.8 Å². The van der Waals surface area contributed by atoms with Crippen molar-refractivity contribution < 1.29 is 9.90 Å². The molecule has 1 N–H and O–H groups in total. The van der Waals surface area contributed by atoms with E-state index in [0.29, 0.717) is 6.04 Å². The lowest BCUT2D eigenvalue weighted by Crippen LogP contribution is -2.45. The number of hydrogen-bond donors (Lipinski definition) is 1. The van der Waals surface area contributed by atoms with Crippen LogP contribution in [0.3, 0.4) is 0 Å². The molecule has 1 aliphatic carbocycles. The maximum Gasteiger partial charge on any atom is 0.310 e. The summed E-state index contributed by atoms with van der Waals surface area (Å²) in [6.07, 6.45) is 8.37. The summed E-state index contributed by atoms with van der Waals surface area (Å²) < 4.78 is 0. The Balaban J connectivity index is 2.01. The maximum atomic E-state index is 11.5. The summed E-state index contributed by atoms with van der Waals surface area (Å²) in [5.74, 6) is 0.224. The highest BCUT2D eigenvalue weighted by Gasteiger charge is 2.41. The molecule has 1 aliphatic heterocycles. The molecule has 0 aromatic rings. The third kappa shape index (κ3) is 2.71. The molecule has 3 nitrogen and oxygen atoms in total. The molecule has 2 aliphatic rings. The largest absolute Gasteiger partial charge is 0.481 e. The minimum absolute atomic E-state index is 0.554. The second-order valence-electron chi connectivity index (χ2n) is 6.49. The number of hydrogen-bond acceptors (Lipinski definition) is 2. The third-order valence-corrected chi connectivity index (χ3v) is 5.00. The summed E-state index contributed by atoms with van der Waals surface area (Å²) in [6.45, 7) is 5.86. The summed E-state index contributed by atoms with van der Waals surface area (Å²) >= 11 is 0. The summed E-state index contributed by atoms with van der Waals surface area (Å²) in [6, 6.07) is 0.675. The van der Waals surface area contributed by atoms with Gasteiger partial charge >= 0.3 is 5.97 Å². The molecule has 104 valence electrons. The van der Waals surface area contributed by atoms with E-state index in [1.807, 2.05) is 6.92 Å². The fourth-order valence-corrected chi connectivity index (χ4v) is 3.95. The second kappa shape index (κ2) is 5.60. The van der Waals surface area contributed by atoms with Gasteiger partial charge in [0.15, 0.2) is 0 Å². The van der Waals surface area contributed by atoms with Crippen molar-refractivity contribution in [3.63, 3.8) is 0 Å². The number of likely N-dealkylation sites (tertiary alicyclic amines) is 1. The van der Waals surface area contributed by atoms with Crippen molar-refractivity contribution in [1.29, 1.82) is 0 Å². The van der Waals surface area contributed by atoms with Crippen LogP contribution in [0.2, 0.25) is 0 Å². The standard InChI is InChI=1S/C15H27NO2/c1-3-9-15(2,14(17)18)11-16-10-8-12-6-4-5-7-13(12)16/h12-13H,3-11H2,1-2H3,(H,17,18). The molecule has 0 spiro atoms. The minimum atomic E-state index is -0.622. The van der Waals surface area contributed by atoms with Crippen LogP contribution >= 0.6 is 0 Å². The first-order chi connectivity index (χ1) is 8.57. The highest BCUT2D eigenvalue weighted by atomic mass is 16.4. The van der Waals surface area contributed by atoms with Crippen LogP contribution in [0.4, 0.5) is 0 Å². The molecule has 3 unspecified atom stereocenters. The lowest BCUT2D eigenvalue weighted by molar-refractivity contribution is -0.149. The molecule has 1 saturated heterocycles. The summed E-state index contributed by atoms with van der Waals surface area (Å²) in [5.41, 5.74) is -0.554. The van der Waals surface area contributed by atoms with Gasteiger partial charge in [-0.1, -0.05) is 26.2 Å². The number of carboxylic acid groups (broad SMARTS) is 1. The van der Waals surface area contributed by atoms with Crippen LogP contribution in [0.25, 0.3) is 0 Å². The van der Waals surface area contributed by atoms with Gasteiger partial charge in [-0.3, -0.25) is 9.69 Å². The SMILES string of the molecule is CCCC(C)(CN1CCC2CCCCC21)C(=O)O. The van der Waals surface area contributed by atoms with Crippen LogP contribution in [0.15, 0.2) is 0 Å². The molecule has 0 aromatic carbocycles. The van der Waals surface area contributed by atoms with Crippen molar-refractivity contribution in [3.05, 3.63) is 0 Å². The van der Waals surface area contributed by atoms with E-state index >= 15 is 0 Å². The molecule has 3 heteroatoms. The fourth-order valence-electron chi connectivity index (χ4n) is 3.95. The van der Waals surface area contributed by atoms with E-state index in [-0.39, 0.29) is 0 Å². The zero-order valence-electron chi connectivity index (χ0n) is 11.8. The first-order valence-electron chi connectivity index (χ1n) is 7.54. The van der Waals surface area contributed by atoms with Crippen molar-refractivity contribution in [2.45, 2.75) is 64.8 Å². The van der Waals surface area contributed by atoms with Crippen molar-refractivity contribution in [2.75, 3.05) is 13.1 Å². The van der Waals surface area contributed by atoms with Crippen LogP contribution in [0.5, 0.6) is 0 Å². The Morgan fingerprint density at radius 3 is 2.72 bits per heavy atom. The Labute approximate surface area is 111 Å². The van der Waals surface area contributed by atoms with E-state index in [2.05, 4.69) is 11.8 Å². The zero-order valence-corrected chi connectivity index (χ0v) is 11.8. The van der Waals surface area contributed by atoms with Gasteiger partial charge in [-0.25, -0.2) is 0 Å². The third-order valence-electron chi connectivity index (χ3n) is 5.00. The van der Waals surface area contributed by atoms with Crippen LogP contribution in [-0.4, -0.2) is 35.1 Å². The zero-order chi connectivity index (χ0) is 13.2. The molecule has 0 aromatic heterocycles. The lowest BCUT2D eigenvalue weighted by Gasteiger charge is -2.36. The van der Waals surface area contributed by atoms with Crippen molar-refractivity contribution in [2.24, 2.45) is 11.3 Å². The predicted molar refractivity (Wildman–Crippen MR) is 72.6 cm³/mol. The first kappa shape index (κ1) is 13.9. The summed E-state index contributed by atoms with van der Waals surface area (Å²) in [7, 11) is 0. The Kier molecular flexibility index (Phi) is 4.31. The number of aliphatic carboxylic acids is 1. The molecule has 1 saturated carbocycles. The summed E-state index contributed by atoms with van der Waals surface area (Å²) in [5, 5.41) is 9.49. The molecule has 18 heavy (non-hydrogen) atoms. The maximum absolute atomic E-state index is 11.5. The molecule has 0 amide bonds. The molecule has 3 atom stereocenters. The van der Waals surface area contributed by atoms with Gasteiger partial charge in [-0.05, 0) is 45.1 Å². The van der Waals surface area contributed by atoms with Crippen molar-refractivity contribution >= 4 is 5.97 Å². The van der Waals surface area contributed by atoms with Crippen LogP contribution < -0.4 is 0 Å². The molecule has 0 radical (unpaired) electrons. The Morgan fingerprint density at radius 1 is 1.33 bits per heavy atom. The number of rotatable bonds is 5. The van der Waals surface area contributed by atoms with E-state index < -0.39 is 11.4 Å². The Hall–Kier alpha value is -0.570. The van der Waals surface area contributed by atoms with Gasteiger partial charge in [0.1, 0.15) is 0 Å². The smallest absolute Gasteiger partial charge is 0.310 e. The van der Waals surface area contributed by atoms with E-state index in [9.17, 15) is 9.90 Å². The van der Waals surface area contributed by atoms with E-state index in [0.717, 1.165) is 31.8 Å². The fraction of sp³-hybridized carbons (Fsp3) is 0.933. The molecule has 1 heterocycles. The number of fused-ring (bicyclic) bond motifs is 1. The van der Waals surface area contributed by atoms with Crippen LogP contribution in [0, 0.1) is 11.3 Å². The Bertz CT molecular complexity index is 305. The van der Waals surface area contributed by atoms with Gasteiger partial charge in [-0.2, -0.15) is 0 Å². The van der Waals surface area contributed by atoms with Gasteiger partial charge in [0.05, 0.1) is 5.41 Å². The molecule has 2 fully saturated rings. The van der Waals surface area contributed by atoms with Gasteiger partial charge in [0.2, 0.25) is 0 Å². The first-order valence-corrected chi connectivity index (χ1v) is 7.54. The van der Waals surface area contributed by atoms with E-state index in [1.54, 1.807) is 0 Å². The van der Waals surface area contributed by atoms with Gasteiger partial charge < -0.3 is 5.11 Å². The van der Waals surface area contributed by atoms with Gasteiger partial charge in [0.25, 0.3) is 0 Å². The number of carbonyl (C=O) groups is 1. The summed E-state index contributed by atoms with van der Waals surface area (Å²) in [4.78, 5) is 14.0. The molecular formula is C15H27NO2. The topological polar surface area (TPSA) is 40.5 Å². The van der Waals surface area contributed by atoms with Crippen molar-refractivity contribution in [1.82, 2.24) is 4.90 Å². The number of nitrogens with zero attached hydrogens (tertiary/aromatic N) is 1. The van der Waals surface area contributed by atoms with Crippen LogP contribution in [-0.2, 0) is 4.79 Å². The quantitative estimate of drug-likeness (QED) is 0.818. The lowest BCUT2D eigenvalue weighted by atomic mass is 9.82. The average Bonchev–Trinajstić information content (AvgIpc) is 2.73. The Morgan fingerprint density at radius 2 is 2.06 bits per heavy atom.